The average molecular weight is 315 g/mol. The van der Waals surface area contributed by atoms with Crippen LogP contribution in [0, 0.1) is 0 Å². The first-order valence-electron chi connectivity index (χ1n) is 6.24. The Balaban J connectivity index is 2.64. The van der Waals surface area contributed by atoms with E-state index in [1.54, 1.807) is 0 Å². The molecule has 2 aromatic rings. The Hall–Kier alpha value is -1.89. The minimum absolute atomic E-state index is 0.0545. The van der Waals surface area contributed by atoms with Crippen LogP contribution < -0.4 is 0 Å². The second-order valence-corrected chi connectivity index (χ2v) is 5.47. The number of benzene rings is 1. The molecule has 112 valence electrons. The third-order valence-corrected chi connectivity index (χ3v) is 3.96. The van der Waals surface area contributed by atoms with Gasteiger partial charge in [-0.15, -0.1) is 11.3 Å². The van der Waals surface area contributed by atoms with E-state index in [2.05, 4.69) is 4.98 Å². The molecular formula is C14H12F3NO2S. The third-order valence-electron chi connectivity index (χ3n) is 2.81. The molecule has 0 aliphatic heterocycles. The number of aromatic carboxylic acids is 1. The largest absolute Gasteiger partial charge is 0.476 e. The highest BCUT2D eigenvalue weighted by Gasteiger charge is 2.35. The van der Waals surface area contributed by atoms with Crippen LogP contribution in [0.4, 0.5) is 13.2 Å². The van der Waals surface area contributed by atoms with Crippen molar-refractivity contribution >= 4 is 17.3 Å². The summed E-state index contributed by atoms with van der Waals surface area (Å²) in [5.74, 6) is -1.32. The van der Waals surface area contributed by atoms with E-state index >= 15 is 0 Å². The topological polar surface area (TPSA) is 50.2 Å². The molecule has 1 heterocycles. The summed E-state index contributed by atoms with van der Waals surface area (Å²) >= 11 is 1.00. The number of aromatic nitrogens is 1. The second kappa shape index (κ2) is 5.85. The van der Waals surface area contributed by atoms with E-state index in [4.69, 9.17) is 5.11 Å². The number of alkyl halides is 3. The van der Waals surface area contributed by atoms with Gasteiger partial charge in [-0.3, -0.25) is 0 Å². The van der Waals surface area contributed by atoms with Crippen molar-refractivity contribution in [3.05, 3.63) is 40.5 Å². The molecule has 21 heavy (non-hydrogen) atoms. The fourth-order valence-corrected chi connectivity index (χ4v) is 3.14. The van der Waals surface area contributed by atoms with Crippen LogP contribution in [0.3, 0.4) is 0 Å². The van der Waals surface area contributed by atoms with E-state index in [-0.39, 0.29) is 16.1 Å². The zero-order valence-corrected chi connectivity index (χ0v) is 11.9. The number of carboxylic acids is 1. The first-order valence-corrected chi connectivity index (χ1v) is 7.05. The van der Waals surface area contributed by atoms with Gasteiger partial charge in [0.15, 0.2) is 5.69 Å². The Kier molecular flexibility index (Phi) is 4.32. The Labute approximate surface area is 123 Å². The van der Waals surface area contributed by atoms with E-state index in [0.29, 0.717) is 11.4 Å². The van der Waals surface area contributed by atoms with Crippen LogP contribution in [0.5, 0.6) is 0 Å². The lowest BCUT2D eigenvalue weighted by Crippen LogP contribution is -2.08. The van der Waals surface area contributed by atoms with Crippen LogP contribution in [0.25, 0.3) is 10.4 Å². The molecule has 0 amide bonds. The Morgan fingerprint density at radius 3 is 2.57 bits per heavy atom. The lowest BCUT2D eigenvalue weighted by atomic mass is 10.0. The summed E-state index contributed by atoms with van der Waals surface area (Å²) in [6, 6.07) is 4.95. The molecule has 0 atom stereocenters. The lowest BCUT2D eigenvalue weighted by molar-refractivity contribution is -0.137. The maximum absolute atomic E-state index is 13.1. The van der Waals surface area contributed by atoms with Crippen LogP contribution in [-0.2, 0) is 12.6 Å². The van der Waals surface area contributed by atoms with Gasteiger partial charge in [0.05, 0.1) is 15.4 Å². The molecule has 0 aliphatic rings. The third kappa shape index (κ3) is 3.24. The molecule has 0 saturated heterocycles. The van der Waals surface area contributed by atoms with Crippen molar-refractivity contribution in [2.45, 2.75) is 25.9 Å². The van der Waals surface area contributed by atoms with Gasteiger partial charge in [0.2, 0.25) is 0 Å². The standard InChI is InChI=1S/C14H12F3NO2S/c1-2-5-10-18-11(13(19)20)12(21-10)8-6-3-4-7-9(8)14(15,16)17/h3-4,6-7H,2,5H2,1H3,(H,19,20). The number of hydrogen-bond donors (Lipinski definition) is 1. The molecule has 0 saturated carbocycles. The van der Waals surface area contributed by atoms with Gasteiger partial charge in [-0.1, -0.05) is 25.1 Å². The summed E-state index contributed by atoms with van der Waals surface area (Å²) in [6.07, 6.45) is -3.26. The van der Waals surface area contributed by atoms with Crippen LogP contribution in [0.15, 0.2) is 24.3 Å². The normalized spacial score (nSPS) is 11.6. The average Bonchev–Trinajstić information content (AvgIpc) is 2.82. The maximum Gasteiger partial charge on any atom is 0.417 e. The zero-order chi connectivity index (χ0) is 15.6. The van der Waals surface area contributed by atoms with Crippen LogP contribution in [0.2, 0.25) is 0 Å². The molecule has 0 spiro atoms. The molecule has 0 bridgehead atoms. The van der Waals surface area contributed by atoms with E-state index in [1.165, 1.54) is 18.2 Å². The number of nitrogens with zero attached hydrogens (tertiary/aromatic N) is 1. The summed E-state index contributed by atoms with van der Waals surface area (Å²) in [6.45, 7) is 1.89. The van der Waals surface area contributed by atoms with Crippen molar-refractivity contribution < 1.29 is 23.1 Å². The summed E-state index contributed by atoms with van der Waals surface area (Å²) in [5, 5.41) is 9.69. The van der Waals surface area contributed by atoms with Crippen molar-refractivity contribution in [1.82, 2.24) is 4.98 Å². The first-order chi connectivity index (χ1) is 9.84. The number of carboxylic acid groups (broad SMARTS) is 1. The van der Waals surface area contributed by atoms with Gasteiger partial charge in [0.25, 0.3) is 0 Å². The molecule has 7 heteroatoms. The van der Waals surface area contributed by atoms with E-state index in [9.17, 15) is 18.0 Å². The molecule has 1 N–H and O–H groups in total. The van der Waals surface area contributed by atoms with Crippen LogP contribution >= 0.6 is 11.3 Å². The van der Waals surface area contributed by atoms with E-state index < -0.39 is 17.7 Å². The van der Waals surface area contributed by atoms with Crippen LogP contribution in [0.1, 0.15) is 34.4 Å². The highest BCUT2D eigenvalue weighted by atomic mass is 32.1. The van der Waals surface area contributed by atoms with Gasteiger partial charge < -0.3 is 5.11 Å². The Morgan fingerprint density at radius 1 is 1.33 bits per heavy atom. The number of hydrogen-bond acceptors (Lipinski definition) is 3. The number of aryl methyl sites for hydroxylation is 1. The Morgan fingerprint density at radius 2 is 2.00 bits per heavy atom. The second-order valence-electron chi connectivity index (χ2n) is 4.38. The highest BCUT2D eigenvalue weighted by molar-refractivity contribution is 7.15. The van der Waals surface area contributed by atoms with Crippen molar-refractivity contribution in [3.8, 4) is 10.4 Å². The van der Waals surface area contributed by atoms with Crippen molar-refractivity contribution in [3.63, 3.8) is 0 Å². The number of halogens is 3. The van der Waals surface area contributed by atoms with Crippen molar-refractivity contribution in [2.24, 2.45) is 0 Å². The lowest BCUT2D eigenvalue weighted by Gasteiger charge is -2.11. The molecule has 0 aliphatic carbocycles. The predicted molar refractivity (Wildman–Crippen MR) is 73.5 cm³/mol. The smallest absolute Gasteiger partial charge is 0.417 e. The van der Waals surface area contributed by atoms with E-state index in [1.807, 2.05) is 6.92 Å². The summed E-state index contributed by atoms with van der Waals surface area (Å²) < 4.78 is 39.2. The molecule has 3 nitrogen and oxygen atoms in total. The summed E-state index contributed by atoms with van der Waals surface area (Å²) in [4.78, 5) is 15.2. The fourth-order valence-electron chi connectivity index (χ4n) is 1.94. The minimum atomic E-state index is -4.54. The fraction of sp³-hybridized carbons (Fsp3) is 0.286. The number of rotatable bonds is 4. The minimum Gasteiger partial charge on any atom is -0.476 e. The van der Waals surface area contributed by atoms with Gasteiger partial charge in [0.1, 0.15) is 0 Å². The number of carbonyl (C=O) groups is 1. The predicted octanol–water partition coefficient (Wildman–Crippen LogP) is 4.48. The molecule has 0 radical (unpaired) electrons. The summed E-state index contributed by atoms with van der Waals surface area (Å²) in [5.41, 5.74) is -1.30. The maximum atomic E-state index is 13.1. The van der Waals surface area contributed by atoms with Gasteiger partial charge in [-0.05, 0) is 18.9 Å². The quantitative estimate of drug-likeness (QED) is 0.905. The van der Waals surface area contributed by atoms with Gasteiger partial charge in [0, 0.05) is 5.56 Å². The van der Waals surface area contributed by atoms with Gasteiger partial charge >= 0.3 is 12.1 Å². The molecule has 1 aromatic heterocycles. The SMILES string of the molecule is CCCc1nc(C(=O)O)c(-c2ccccc2C(F)(F)F)s1. The molecule has 0 unspecified atom stereocenters. The molecular weight excluding hydrogens is 303 g/mol. The number of thiazole rings is 1. The monoisotopic (exact) mass is 315 g/mol. The summed E-state index contributed by atoms with van der Waals surface area (Å²) in [7, 11) is 0. The Bertz CT molecular complexity index is 664. The molecule has 0 fully saturated rings. The molecule has 1 aromatic carbocycles. The van der Waals surface area contributed by atoms with E-state index in [0.717, 1.165) is 23.8 Å². The zero-order valence-electron chi connectivity index (χ0n) is 11.1. The van der Waals surface area contributed by atoms with Crippen molar-refractivity contribution in [2.75, 3.05) is 0 Å². The first kappa shape index (κ1) is 15.5. The molecule has 2 rings (SSSR count). The van der Waals surface area contributed by atoms with Crippen molar-refractivity contribution in [1.29, 1.82) is 0 Å². The highest BCUT2D eigenvalue weighted by Crippen LogP contribution is 2.40. The van der Waals surface area contributed by atoms with Crippen LogP contribution in [-0.4, -0.2) is 16.1 Å². The van der Waals surface area contributed by atoms with Gasteiger partial charge in [-0.25, -0.2) is 9.78 Å². The van der Waals surface area contributed by atoms with Gasteiger partial charge in [-0.2, -0.15) is 13.2 Å².